The average Bonchev–Trinajstić information content (AvgIpc) is 2.43. The van der Waals surface area contributed by atoms with Crippen molar-refractivity contribution in [3.63, 3.8) is 0 Å². The maximum atomic E-state index is 11.8. The third kappa shape index (κ3) is 5.32. The molecule has 1 rings (SSSR count). The minimum Gasteiger partial charge on any atom is -0.380 e. The summed E-state index contributed by atoms with van der Waals surface area (Å²) in [5.41, 5.74) is 0. The van der Waals surface area contributed by atoms with Gasteiger partial charge in [-0.05, 0) is 6.42 Å². The van der Waals surface area contributed by atoms with E-state index in [1.165, 1.54) is 4.90 Å². The molecule has 94 valence electrons. The van der Waals surface area contributed by atoms with Gasteiger partial charge in [0.05, 0.1) is 19.7 Å². The summed E-state index contributed by atoms with van der Waals surface area (Å²) in [6, 6.07) is 0. The van der Waals surface area contributed by atoms with E-state index in [0.717, 1.165) is 6.42 Å². The minimum absolute atomic E-state index is 0.278. The van der Waals surface area contributed by atoms with Crippen molar-refractivity contribution >= 4 is 5.91 Å². The molecule has 0 radical (unpaired) electrons. The summed E-state index contributed by atoms with van der Waals surface area (Å²) >= 11 is 0. The number of hydrogen-bond acceptors (Lipinski definition) is 3. The van der Waals surface area contributed by atoms with Gasteiger partial charge in [-0.3, -0.25) is 4.79 Å². The Kier molecular flexibility index (Phi) is 5.01. The van der Waals surface area contributed by atoms with Crippen molar-refractivity contribution in [2.24, 2.45) is 0 Å². The lowest BCUT2D eigenvalue weighted by molar-refractivity contribution is -0.134. The number of ether oxygens (including phenoxy) is 1. The van der Waals surface area contributed by atoms with Crippen LogP contribution in [0.3, 0.4) is 0 Å². The summed E-state index contributed by atoms with van der Waals surface area (Å²) in [6.07, 6.45) is -3.55. The normalized spacial score (nSPS) is 18.3. The van der Waals surface area contributed by atoms with E-state index in [1.54, 1.807) is 0 Å². The van der Waals surface area contributed by atoms with Gasteiger partial charge in [0.25, 0.3) is 0 Å². The van der Waals surface area contributed by atoms with E-state index >= 15 is 0 Å². The fourth-order valence-corrected chi connectivity index (χ4v) is 1.42. The predicted molar refractivity (Wildman–Crippen MR) is 50.9 cm³/mol. The quantitative estimate of drug-likeness (QED) is 0.775. The number of carbonyl (C=O) groups is 1. The molecule has 1 fully saturated rings. The highest BCUT2D eigenvalue weighted by Gasteiger charge is 2.27. The fourth-order valence-electron chi connectivity index (χ4n) is 1.42. The molecule has 0 aliphatic carbocycles. The number of nitrogens with zero attached hydrogens (tertiary/aromatic N) is 1. The van der Waals surface area contributed by atoms with E-state index in [-0.39, 0.29) is 12.5 Å². The van der Waals surface area contributed by atoms with E-state index in [2.05, 4.69) is 5.32 Å². The van der Waals surface area contributed by atoms with Crippen molar-refractivity contribution in [2.75, 3.05) is 39.4 Å². The molecule has 0 bridgehead atoms. The van der Waals surface area contributed by atoms with Gasteiger partial charge < -0.3 is 15.0 Å². The van der Waals surface area contributed by atoms with E-state index in [0.29, 0.717) is 26.3 Å². The Labute approximate surface area is 91.7 Å². The van der Waals surface area contributed by atoms with Crippen molar-refractivity contribution in [2.45, 2.75) is 12.6 Å². The third-order valence-corrected chi connectivity index (χ3v) is 2.18. The number of hydrogen-bond donors (Lipinski definition) is 1. The van der Waals surface area contributed by atoms with E-state index < -0.39 is 12.7 Å². The summed E-state index contributed by atoms with van der Waals surface area (Å²) in [5.74, 6) is -0.310. The van der Waals surface area contributed by atoms with Crippen LogP contribution < -0.4 is 5.32 Å². The predicted octanol–water partition coefficient (Wildman–Crippen LogP) is 0.387. The van der Waals surface area contributed by atoms with Gasteiger partial charge in [0.15, 0.2) is 0 Å². The minimum atomic E-state index is -4.28. The number of alkyl halides is 3. The molecule has 7 heteroatoms. The van der Waals surface area contributed by atoms with Crippen LogP contribution in [0.25, 0.3) is 0 Å². The number of halogens is 3. The number of rotatable bonds is 3. The first-order chi connectivity index (χ1) is 7.49. The molecule has 1 heterocycles. The first-order valence-corrected chi connectivity index (χ1v) is 5.12. The second kappa shape index (κ2) is 6.05. The molecular weight excluding hydrogens is 225 g/mol. The molecule has 1 saturated heterocycles. The van der Waals surface area contributed by atoms with Gasteiger partial charge in [-0.2, -0.15) is 13.2 Å². The molecule has 0 unspecified atom stereocenters. The van der Waals surface area contributed by atoms with Crippen LogP contribution in [-0.2, 0) is 9.53 Å². The SMILES string of the molecule is O=C(CNCC(F)(F)F)N1CCCOCC1. The molecule has 0 aromatic heterocycles. The summed E-state index contributed by atoms with van der Waals surface area (Å²) in [6.45, 7) is 0.631. The molecule has 1 N–H and O–H groups in total. The van der Waals surface area contributed by atoms with Crippen molar-refractivity contribution in [1.82, 2.24) is 10.2 Å². The van der Waals surface area contributed by atoms with Gasteiger partial charge in [-0.15, -0.1) is 0 Å². The topological polar surface area (TPSA) is 41.6 Å². The Hall–Kier alpha value is -0.820. The molecule has 1 aliphatic rings. The van der Waals surface area contributed by atoms with Crippen LogP contribution in [0.15, 0.2) is 0 Å². The number of carbonyl (C=O) groups excluding carboxylic acids is 1. The van der Waals surface area contributed by atoms with Crippen LogP contribution in [0.2, 0.25) is 0 Å². The van der Waals surface area contributed by atoms with Crippen LogP contribution in [0, 0.1) is 0 Å². The van der Waals surface area contributed by atoms with E-state index in [1.807, 2.05) is 0 Å². The Bertz CT molecular complexity index is 225. The maximum Gasteiger partial charge on any atom is 0.401 e. The largest absolute Gasteiger partial charge is 0.401 e. The van der Waals surface area contributed by atoms with Crippen LogP contribution in [-0.4, -0.2) is 56.4 Å². The lowest BCUT2D eigenvalue weighted by Gasteiger charge is -2.20. The fraction of sp³-hybridized carbons (Fsp3) is 0.889. The van der Waals surface area contributed by atoms with E-state index in [9.17, 15) is 18.0 Å². The number of amides is 1. The molecule has 0 aromatic rings. The van der Waals surface area contributed by atoms with Crippen molar-refractivity contribution in [3.05, 3.63) is 0 Å². The van der Waals surface area contributed by atoms with E-state index in [4.69, 9.17) is 4.74 Å². The van der Waals surface area contributed by atoms with Gasteiger partial charge in [-0.1, -0.05) is 0 Å². The van der Waals surface area contributed by atoms with Crippen molar-refractivity contribution in [3.8, 4) is 0 Å². The lowest BCUT2D eigenvalue weighted by Crippen LogP contribution is -2.41. The smallest absolute Gasteiger partial charge is 0.380 e. The zero-order chi connectivity index (χ0) is 12.0. The highest BCUT2D eigenvalue weighted by molar-refractivity contribution is 5.78. The Morgan fingerprint density at radius 2 is 2.06 bits per heavy atom. The standard InChI is InChI=1S/C9H15F3N2O2/c10-9(11,12)7-13-6-8(15)14-2-1-4-16-5-3-14/h13H,1-7H2. The molecule has 1 amide bonds. The Balaban J connectivity index is 2.23. The average molecular weight is 240 g/mol. The molecular formula is C9H15F3N2O2. The Morgan fingerprint density at radius 1 is 1.31 bits per heavy atom. The second-order valence-corrected chi connectivity index (χ2v) is 3.57. The van der Waals surface area contributed by atoms with Crippen LogP contribution in [0.4, 0.5) is 13.2 Å². The first-order valence-electron chi connectivity index (χ1n) is 5.12. The highest BCUT2D eigenvalue weighted by atomic mass is 19.4. The van der Waals surface area contributed by atoms with Gasteiger partial charge in [-0.25, -0.2) is 0 Å². The van der Waals surface area contributed by atoms with Gasteiger partial charge >= 0.3 is 6.18 Å². The molecule has 1 aliphatic heterocycles. The first kappa shape index (κ1) is 13.2. The van der Waals surface area contributed by atoms with Crippen LogP contribution >= 0.6 is 0 Å². The molecule has 0 saturated carbocycles. The maximum absolute atomic E-state index is 11.8. The van der Waals surface area contributed by atoms with Crippen molar-refractivity contribution in [1.29, 1.82) is 0 Å². The second-order valence-electron chi connectivity index (χ2n) is 3.57. The molecule has 16 heavy (non-hydrogen) atoms. The zero-order valence-electron chi connectivity index (χ0n) is 8.85. The molecule has 0 spiro atoms. The van der Waals surface area contributed by atoms with Gasteiger partial charge in [0, 0.05) is 19.7 Å². The summed E-state index contributed by atoms with van der Waals surface area (Å²) < 4.78 is 40.6. The van der Waals surface area contributed by atoms with Crippen molar-refractivity contribution < 1.29 is 22.7 Å². The highest BCUT2D eigenvalue weighted by Crippen LogP contribution is 2.11. The summed E-state index contributed by atoms with van der Waals surface area (Å²) in [7, 11) is 0. The van der Waals surface area contributed by atoms with Gasteiger partial charge in [0.2, 0.25) is 5.91 Å². The summed E-state index contributed by atoms with van der Waals surface area (Å²) in [4.78, 5) is 13.0. The summed E-state index contributed by atoms with van der Waals surface area (Å²) in [5, 5.41) is 2.09. The number of nitrogens with one attached hydrogen (secondary N) is 1. The molecule has 4 nitrogen and oxygen atoms in total. The van der Waals surface area contributed by atoms with Gasteiger partial charge in [0.1, 0.15) is 0 Å². The third-order valence-electron chi connectivity index (χ3n) is 2.18. The monoisotopic (exact) mass is 240 g/mol. The Morgan fingerprint density at radius 3 is 2.75 bits per heavy atom. The van der Waals surface area contributed by atoms with Crippen LogP contribution in [0.1, 0.15) is 6.42 Å². The molecule has 0 aromatic carbocycles. The molecule has 0 atom stereocenters. The lowest BCUT2D eigenvalue weighted by atomic mass is 10.4. The zero-order valence-corrected chi connectivity index (χ0v) is 8.85. The van der Waals surface area contributed by atoms with Crippen LogP contribution in [0.5, 0.6) is 0 Å².